The van der Waals surface area contributed by atoms with E-state index in [-0.39, 0.29) is 28.3 Å². The molecule has 1 aromatic carbocycles. The molecule has 0 amide bonds. The van der Waals surface area contributed by atoms with E-state index in [1.165, 1.54) is 0 Å². The van der Waals surface area contributed by atoms with E-state index in [1.54, 1.807) is 0 Å². The van der Waals surface area contributed by atoms with Gasteiger partial charge in [-0.05, 0) is 35.8 Å². The van der Waals surface area contributed by atoms with Gasteiger partial charge in [0.05, 0.1) is 10.8 Å². The molecule has 3 aliphatic rings. The first-order chi connectivity index (χ1) is 8.94. The maximum Gasteiger partial charge on any atom is 0.152 e. The molecule has 2 nitrogen and oxygen atoms in total. The van der Waals surface area contributed by atoms with Crippen molar-refractivity contribution in [1.29, 1.82) is 0 Å². The number of carbonyl (C=O) groups excluding carboxylic acids is 1. The third-order valence-electron chi connectivity index (χ3n) is 5.29. The van der Waals surface area contributed by atoms with Crippen molar-refractivity contribution in [1.82, 2.24) is 0 Å². The molecule has 1 aromatic rings. The van der Waals surface area contributed by atoms with Crippen LogP contribution in [0.4, 0.5) is 0 Å². The summed E-state index contributed by atoms with van der Waals surface area (Å²) in [5.74, 6) is 1.09. The van der Waals surface area contributed by atoms with Gasteiger partial charge >= 0.3 is 0 Å². The highest BCUT2D eigenvalue weighted by molar-refractivity contribution is 7.86. The van der Waals surface area contributed by atoms with Gasteiger partial charge in [-0.15, -0.1) is 0 Å². The number of fused-ring (bicyclic) bond motifs is 2. The number of Topliss-reactive ketones (excluding diaryl/α,β-unsaturated/α-hetero) is 1. The van der Waals surface area contributed by atoms with Gasteiger partial charge in [-0.1, -0.05) is 39.0 Å². The minimum atomic E-state index is -1.20. The zero-order valence-electron chi connectivity index (χ0n) is 11.6. The van der Waals surface area contributed by atoms with Crippen LogP contribution < -0.4 is 0 Å². The van der Waals surface area contributed by atoms with Gasteiger partial charge < -0.3 is 0 Å². The Kier molecular flexibility index (Phi) is 2.93. The van der Waals surface area contributed by atoms with E-state index in [0.717, 1.165) is 11.3 Å². The first-order valence-electron chi connectivity index (χ1n) is 6.94. The van der Waals surface area contributed by atoms with Crippen molar-refractivity contribution in [2.75, 3.05) is 0 Å². The molecule has 0 radical (unpaired) electrons. The molecule has 0 aromatic heterocycles. The van der Waals surface area contributed by atoms with Gasteiger partial charge in [-0.2, -0.15) is 0 Å². The second-order valence-corrected chi connectivity index (χ2v) is 8.08. The van der Waals surface area contributed by atoms with Gasteiger partial charge in [0.15, 0.2) is 5.78 Å². The maximum atomic E-state index is 12.7. The SMILES string of the molecule is C[C@H]1[C@H]2C[C@@H](C(=O)[C@@H]1[S@@](=O)c1ccccc1)C2(C)C. The molecular weight excluding hydrogens is 256 g/mol. The Bertz CT molecular complexity index is 535. The zero-order chi connectivity index (χ0) is 13.8. The average molecular weight is 276 g/mol. The molecule has 19 heavy (non-hydrogen) atoms. The third-order valence-corrected chi connectivity index (χ3v) is 7.15. The standard InChI is InChI=1S/C16H20O2S/c1-10-12-9-13(16(12,2)3)14(17)15(10)19(18)11-7-5-4-6-8-11/h4-8,10,12-13,15H,9H2,1-3H3/t10-,12+,13-,15+,19-/m0/s1. The molecule has 0 heterocycles. The Hall–Kier alpha value is -0.960. The topological polar surface area (TPSA) is 34.1 Å². The van der Waals surface area contributed by atoms with E-state index in [2.05, 4.69) is 20.8 Å². The Labute approximate surface area is 117 Å². The molecule has 3 aliphatic carbocycles. The van der Waals surface area contributed by atoms with Crippen LogP contribution in [0.1, 0.15) is 27.2 Å². The molecule has 0 N–H and O–H groups in total. The van der Waals surface area contributed by atoms with E-state index in [9.17, 15) is 9.00 Å². The van der Waals surface area contributed by atoms with E-state index in [0.29, 0.717) is 5.92 Å². The van der Waals surface area contributed by atoms with E-state index < -0.39 is 10.8 Å². The van der Waals surface area contributed by atoms with Crippen molar-refractivity contribution >= 4 is 16.6 Å². The number of hydrogen-bond acceptors (Lipinski definition) is 2. The molecule has 102 valence electrons. The van der Waals surface area contributed by atoms with E-state index in [4.69, 9.17) is 0 Å². The lowest BCUT2D eigenvalue weighted by atomic mass is 9.45. The van der Waals surface area contributed by atoms with Crippen molar-refractivity contribution in [3.63, 3.8) is 0 Å². The summed E-state index contributed by atoms with van der Waals surface area (Å²) in [5.41, 5.74) is 0.105. The van der Waals surface area contributed by atoms with Crippen molar-refractivity contribution in [3.8, 4) is 0 Å². The lowest BCUT2D eigenvalue weighted by Gasteiger charge is -2.60. The number of rotatable bonds is 2. The summed E-state index contributed by atoms with van der Waals surface area (Å²) >= 11 is 0. The van der Waals surface area contributed by atoms with Gasteiger partial charge in [0.1, 0.15) is 5.25 Å². The molecule has 0 saturated heterocycles. The molecule has 3 fully saturated rings. The molecule has 0 aliphatic heterocycles. The summed E-state index contributed by atoms with van der Waals surface area (Å²) in [5, 5.41) is -0.306. The van der Waals surface area contributed by atoms with Crippen LogP contribution >= 0.6 is 0 Å². The van der Waals surface area contributed by atoms with Gasteiger partial charge in [0, 0.05) is 10.8 Å². The van der Waals surface area contributed by atoms with Crippen LogP contribution in [-0.2, 0) is 15.6 Å². The second-order valence-electron chi connectivity index (χ2n) is 6.51. The van der Waals surface area contributed by atoms with Gasteiger partial charge in [0.25, 0.3) is 0 Å². The summed E-state index contributed by atoms with van der Waals surface area (Å²) in [6.07, 6.45) is 0.996. The van der Waals surface area contributed by atoms with E-state index in [1.807, 2.05) is 30.3 Å². The summed E-state index contributed by atoms with van der Waals surface area (Å²) in [6.45, 7) is 6.47. The average Bonchev–Trinajstić information content (AvgIpc) is 2.38. The normalized spacial score (nSPS) is 37.5. The van der Waals surface area contributed by atoms with Crippen LogP contribution in [0.25, 0.3) is 0 Å². The molecule has 5 atom stereocenters. The second kappa shape index (κ2) is 4.27. The predicted molar refractivity (Wildman–Crippen MR) is 76.2 cm³/mol. The van der Waals surface area contributed by atoms with Crippen LogP contribution in [-0.4, -0.2) is 15.2 Å². The van der Waals surface area contributed by atoms with Gasteiger partial charge in [-0.3, -0.25) is 9.00 Å². The molecule has 0 spiro atoms. The highest BCUT2D eigenvalue weighted by Gasteiger charge is 2.62. The smallest absolute Gasteiger partial charge is 0.152 e. The summed E-state index contributed by atoms with van der Waals surface area (Å²) in [6, 6.07) is 9.40. The number of hydrogen-bond donors (Lipinski definition) is 0. The lowest BCUT2D eigenvalue weighted by Crippen LogP contribution is -2.63. The Balaban J connectivity index is 1.91. The maximum absolute atomic E-state index is 12.7. The molecule has 4 rings (SSSR count). The van der Waals surface area contributed by atoms with E-state index >= 15 is 0 Å². The largest absolute Gasteiger partial charge is 0.298 e. The van der Waals surface area contributed by atoms with Crippen LogP contribution in [0.5, 0.6) is 0 Å². The minimum absolute atomic E-state index is 0.105. The van der Waals surface area contributed by atoms with Crippen LogP contribution in [0.3, 0.4) is 0 Å². The first kappa shape index (κ1) is 13.0. The number of ketones is 1. The van der Waals surface area contributed by atoms with Crippen molar-refractivity contribution in [2.45, 2.75) is 37.3 Å². The molecular formula is C16H20O2S. The Morgan fingerprint density at radius 3 is 2.37 bits per heavy atom. The zero-order valence-corrected chi connectivity index (χ0v) is 12.4. The van der Waals surface area contributed by atoms with Crippen molar-refractivity contribution < 1.29 is 9.00 Å². The summed E-state index contributed by atoms with van der Waals surface area (Å²) in [4.78, 5) is 13.4. The van der Waals surface area contributed by atoms with Gasteiger partial charge in [-0.25, -0.2) is 0 Å². The third kappa shape index (κ3) is 1.74. The van der Waals surface area contributed by atoms with Crippen molar-refractivity contribution in [3.05, 3.63) is 30.3 Å². The minimum Gasteiger partial charge on any atom is -0.298 e. The first-order valence-corrected chi connectivity index (χ1v) is 8.15. The fourth-order valence-electron chi connectivity index (χ4n) is 4.00. The molecule has 3 saturated carbocycles. The lowest BCUT2D eigenvalue weighted by molar-refractivity contribution is -0.155. The molecule has 2 bridgehead atoms. The number of benzene rings is 1. The monoisotopic (exact) mass is 276 g/mol. The van der Waals surface area contributed by atoms with Crippen LogP contribution in [0, 0.1) is 23.2 Å². The Morgan fingerprint density at radius 2 is 1.84 bits per heavy atom. The fourth-order valence-corrected chi connectivity index (χ4v) is 5.68. The van der Waals surface area contributed by atoms with Crippen molar-refractivity contribution in [2.24, 2.45) is 23.2 Å². The number of carbonyl (C=O) groups is 1. The predicted octanol–water partition coefficient (Wildman–Crippen LogP) is 3.04. The molecule has 3 heteroatoms. The van der Waals surface area contributed by atoms with Gasteiger partial charge in [0.2, 0.25) is 0 Å². The highest BCUT2D eigenvalue weighted by atomic mass is 32.2. The highest BCUT2D eigenvalue weighted by Crippen LogP contribution is 2.60. The summed E-state index contributed by atoms with van der Waals surface area (Å²) in [7, 11) is -1.20. The van der Waals surface area contributed by atoms with Crippen LogP contribution in [0.2, 0.25) is 0 Å². The summed E-state index contributed by atoms with van der Waals surface area (Å²) < 4.78 is 12.7. The Morgan fingerprint density at radius 1 is 1.21 bits per heavy atom. The quantitative estimate of drug-likeness (QED) is 0.832. The molecule has 0 unspecified atom stereocenters. The fraction of sp³-hybridized carbons (Fsp3) is 0.562. The van der Waals surface area contributed by atoms with Crippen LogP contribution in [0.15, 0.2) is 35.2 Å².